The summed E-state index contributed by atoms with van der Waals surface area (Å²) in [6.45, 7) is 5.27. The average molecular weight is 484 g/mol. The maximum Gasteiger partial charge on any atom is 0.243 e. The van der Waals surface area contributed by atoms with Crippen molar-refractivity contribution in [1.82, 2.24) is 10.0 Å². The van der Waals surface area contributed by atoms with Gasteiger partial charge in [-0.25, -0.2) is 13.1 Å². The lowest BCUT2D eigenvalue weighted by atomic mass is 10.1. The van der Waals surface area contributed by atoms with E-state index in [0.717, 1.165) is 11.1 Å². The van der Waals surface area contributed by atoms with Gasteiger partial charge in [-0.05, 0) is 56.2 Å². The molecule has 0 spiro atoms. The molecule has 0 aliphatic heterocycles. The van der Waals surface area contributed by atoms with Gasteiger partial charge in [0.25, 0.3) is 0 Å². The van der Waals surface area contributed by atoms with Gasteiger partial charge < -0.3 is 9.73 Å². The van der Waals surface area contributed by atoms with E-state index in [1.165, 1.54) is 23.3 Å². The third kappa shape index (κ3) is 6.12. The topological polar surface area (TPSA) is 109 Å². The smallest absolute Gasteiger partial charge is 0.243 e. The van der Waals surface area contributed by atoms with Gasteiger partial charge in [0, 0.05) is 5.69 Å². The molecular formula is C25H29N3O5S. The summed E-state index contributed by atoms with van der Waals surface area (Å²) >= 11 is 0. The van der Waals surface area contributed by atoms with Crippen LogP contribution in [0.25, 0.3) is 0 Å². The number of rotatable bonds is 10. The standard InChI is InChI=1S/C25H29N3O5S/c1-4-22(25(30)26-16-20-9-8-14-33-20)28(23-13-12-18(2)15-19(23)3)24(29)17-27-34(31,32)21-10-6-5-7-11-21/h5-15,22,27H,4,16-17H2,1-3H3,(H,26,30)/t22-/m0/s1. The summed E-state index contributed by atoms with van der Waals surface area (Å²) in [5.74, 6) is -0.312. The van der Waals surface area contributed by atoms with Crippen LogP contribution in [0.2, 0.25) is 0 Å². The number of nitrogens with one attached hydrogen (secondary N) is 2. The van der Waals surface area contributed by atoms with E-state index in [2.05, 4.69) is 10.0 Å². The van der Waals surface area contributed by atoms with Crippen molar-refractivity contribution >= 4 is 27.5 Å². The fourth-order valence-corrected chi connectivity index (χ4v) is 4.66. The molecular weight excluding hydrogens is 454 g/mol. The number of aryl methyl sites for hydroxylation is 2. The third-order valence-corrected chi connectivity index (χ3v) is 6.78. The molecule has 0 aliphatic carbocycles. The SMILES string of the molecule is CC[C@@H](C(=O)NCc1ccco1)N(C(=O)CNS(=O)(=O)c1ccccc1)c1ccc(C)cc1C. The lowest BCUT2D eigenvalue weighted by molar-refractivity contribution is -0.126. The Morgan fingerprint density at radius 2 is 1.76 bits per heavy atom. The zero-order valence-electron chi connectivity index (χ0n) is 19.4. The fraction of sp³-hybridized carbons (Fsp3) is 0.280. The summed E-state index contributed by atoms with van der Waals surface area (Å²) in [4.78, 5) is 27.9. The van der Waals surface area contributed by atoms with Crippen LogP contribution >= 0.6 is 0 Å². The average Bonchev–Trinajstić information content (AvgIpc) is 3.34. The normalized spacial score (nSPS) is 12.2. The Bertz CT molecular complexity index is 1220. The lowest BCUT2D eigenvalue weighted by Crippen LogP contribution is -2.52. The van der Waals surface area contributed by atoms with Crippen LogP contribution in [-0.4, -0.2) is 32.8 Å². The molecule has 34 heavy (non-hydrogen) atoms. The minimum absolute atomic E-state index is 0.0594. The lowest BCUT2D eigenvalue weighted by Gasteiger charge is -2.32. The number of nitrogens with zero attached hydrogens (tertiary/aromatic N) is 1. The predicted molar refractivity (Wildman–Crippen MR) is 130 cm³/mol. The highest BCUT2D eigenvalue weighted by molar-refractivity contribution is 7.89. The quantitative estimate of drug-likeness (QED) is 0.460. The molecule has 1 heterocycles. The van der Waals surface area contributed by atoms with Crippen molar-refractivity contribution in [3.63, 3.8) is 0 Å². The molecule has 0 saturated carbocycles. The second-order valence-electron chi connectivity index (χ2n) is 7.91. The van der Waals surface area contributed by atoms with Crippen molar-refractivity contribution < 1.29 is 22.4 Å². The van der Waals surface area contributed by atoms with E-state index in [1.807, 2.05) is 26.0 Å². The first kappa shape index (κ1) is 25.2. The minimum atomic E-state index is -3.89. The molecule has 1 atom stereocenters. The molecule has 2 aromatic carbocycles. The number of carbonyl (C=O) groups is 2. The first-order chi connectivity index (χ1) is 16.2. The van der Waals surface area contributed by atoms with E-state index in [4.69, 9.17) is 4.42 Å². The van der Waals surface area contributed by atoms with Gasteiger partial charge in [-0.2, -0.15) is 0 Å². The molecule has 8 nitrogen and oxygen atoms in total. The Kier molecular flexibility index (Phi) is 8.25. The second-order valence-corrected chi connectivity index (χ2v) is 9.68. The molecule has 3 rings (SSSR count). The molecule has 0 unspecified atom stereocenters. The number of carbonyl (C=O) groups excluding carboxylic acids is 2. The molecule has 2 N–H and O–H groups in total. The van der Waals surface area contributed by atoms with Gasteiger partial charge in [-0.3, -0.25) is 14.5 Å². The van der Waals surface area contributed by atoms with E-state index >= 15 is 0 Å². The summed E-state index contributed by atoms with van der Waals surface area (Å²) in [7, 11) is -3.89. The van der Waals surface area contributed by atoms with Crippen LogP contribution in [0, 0.1) is 13.8 Å². The Balaban J connectivity index is 1.86. The Morgan fingerprint density at radius 3 is 2.38 bits per heavy atom. The van der Waals surface area contributed by atoms with E-state index in [0.29, 0.717) is 17.9 Å². The van der Waals surface area contributed by atoms with Crippen LogP contribution in [0.1, 0.15) is 30.2 Å². The van der Waals surface area contributed by atoms with Crippen molar-refractivity contribution in [3.8, 4) is 0 Å². The summed E-state index contributed by atoms with van der Waals surface area (Å²) in [6.07, 6.45) is 1.84. The molecule has 0 bridgehead atoms. The molecule has 180 valence electrons. The van der Waals surface area contributed by atoms with Gasteiger partial charge >= 0.3 is 0 Å². The summed E-state index contributed by atoms with van der Waals surface area (Å²) in [6, 6.07) is 16.0. The first-order valence-corrected chi connectivity index (χ1v) is 12.5. The van der Waals surface area contributed by atoms with Crippen LogP contribution in [0.5, 0.6) is 0 Å². The van der Waals surface area contributed by atoms with Crippen molar-refractivity contribution in [1.29, 1.82) is 0 Å². The van der Waals surface area contributed by atoms with E-state index in [9.17, 15) is 18.0 Å². The van der Waals surface area contributed by atoms with Crippen LogP contribution in [0.15, 0.2) is 76.2 Å². The van der Waals surface area contributed by atoms with Crippen LogP contribution in [0.4, 0.5) is 5.69 Å². The van der Waals surface area contributed by atoms with Crippen LogP contribution in [0.3, 0.4) is 0 Å². The van der Waals surface area contributed by atoms with Gasteiger partial charge in [-0.15, -0.1) is 0 Å². The number of sulfonamides is 1. The van der Waals surface area contributed by atoms with Crippen LogP contribution in [-0.2, 0) is 26.2 Å². The van der Waals surface area contributed by atoms with Gasteiger partial charge in [0.15, 0.2) is 0 Å². The number of hydrogen-bond acceptors (Lipinski definition) is 5. The highest BCUT2D eigenvalue weighted by atomic mass is 32.2. The molecule has 1 aromatic heterocycles. The number of anilines is 1. The largest absolute Gasteiger partial charge is 0.467 e. The van der Waals surface area contributed by atoms with Crippen molar-refractivity contribution in [2.24, 2.45) is 0 Å². The highest BCUT2D eigenvalue weighted by Gasteiger charge is 2.31. The molecule has 0 aliphatic rings. The Labute approximate surface area is 200 Å². The van der Waals surface area contributed by atoms with E-state index in [-0.39, 0.29) is 17.3 Å². The van der Waals surface area contributed by atoms with E-state index < -0.39 is 28.5 Å². The molecule has 0 fully saturated rings. The van der Waals surface area contributed by atoms with Crippen molar-refractivity contribution in [2.45, 2.75) is 44.7 Å². The number of benzene rings is 2. The van der Waals surface area contributed by atoms with Gasteiger partial charge in [-0.1, -0.05) is 42.8 Å². The van der Waals surface area contributed by atoms with Crippen molar-refractivity contribution in [2.75, 3.05) is 11.4 Å². The van der Waals surface area contributed by atoms with E-state index in [1.54, 1.807) is 43.3 Å². The zero-order chi connectivity index (χ0) is 24.7. The molecule has 3 aromatic rings. The second kappa shape index (κ2) is 11.1. The van der Waals surface area contributed by atoms with Gasteiger partial charge in [0.1, 0.15) is 11.8 Å². The first-order valence-electron chi connectivity index (χ1n) is 11.0. The monoisotopic (exact) mass is 483 g/mol. The fourth-order valence-electron chi connectivity index (χ4n) is 3.67. The maximum atomic E-state index is 13.4. The number of hydrogen-bond donors (Lipinski definition) is 2. The summed E-state index contributed by atoms with van der Waals surface area (Å²) in [5, 5.41) is 2.80. The third-order valence-electron chi connectivity index (χ3n) is 5.37. The molecule has 0 saturated heterocycles. The molecule has 2 amide bonds. The van der Waals surface area contributed by atoms with Gasteiger partial charge in [0.05, 0.1) is 24.2 Å². The Hall–Kier alpha value is -3.43. The zero-order valence-corrected chi connectivity index (χ0v) is 20.3. The summed E-state index contributed by atoms with van der Waals surface area (Å²) < 4.78 is 32.9. The molecule has 9 heteroatoms. The maximum absolute atomic E-state index is 13.4. The summed E-state index contributed by atoms with van der Waals surface area (Å²) in [5.41, 5.74) is 2.36. The van der Waals surface area contributed by atoms with Gasteiger partial charge in [0.2, 0.25) is 21.8 Å². The van der Waals surface area contributed by atoms with Crippen LogP contribution < -0.4 is 14.9 Å². The van der Waals surface area contributed by atoms with Crippen molar-refractivity contribution in [3.05, 3.63) is 83.8 Å². The Morgan fingerprint density at radius 1 is 1.03 bits per heavy atom. The highest BCUT2D eigenvalue weighted by Crippen LogP contribution is 2.25. The molecule has 0 radical (unpaired) electrons. The number of amides is 2. The minimum Gasteiger partial charge on any atom is -0.467 e. The number of furan rings is 1. The predicted octanol–water partition coefficient (Wildman–Crippen LogP) is 3.30.